The standard InChI is InChI=1S/C12H16O3/c1-4-9-5-7(2)11(13)10(6-9)8(3)12(14)15/h5-6,8,13H,4H2,1-3H3,(H,14,15). The Morgan fingerprint density at radius 1 is 1.47 bits per heavy atom. The molecule has 0 saturated carbocycles. The summed E-state index contributed by atoms with van der Waals surface area (Å²) in [5.74, 6) is -1.49. The first-order valence-electron chi connectivity index (χ1n) is 5.02. The minimum absolute atomic E-state index is 0.0992. The topological polar surface area (TPSA) is 57.5 Å². The van der Waals surface area contributed by atoms with Crippen molar-refractivity contribution in [2.75, 3.05) is 0 Å². The number of rotatable bonds is 3. The first-order valence-corrected chi connectivity index (χ1v) is 5.02. The van der Waals surface area contributed by atoms with Crippen molar-refractivity contribution < 1.29 is 15.0 Å². The van der Waals surface area contributed by atoms with Crippen LogP contribution in [-0.2, 0) is 11.2 Å². The summed E-state index contributed by atoms with van der Waals surface area (Å²) in [6.45, 7) is 5.36. The minimum Gasteiger partial charge on any atom is -0.507 e. The van der Waals surface area contributed by atoms with Gasteiger partial charge in [0.2, 0.25) is 0 Å². The molecule has 0 aliphatic carbocycles. The highest BCUT2D eigenvalue weighted by molar-refractivity contribution is 5.77. The summed E-state index contributed by atoms with van der Waals surface area (Å²) in [5.41, 5.74) is 2.28. The van der Waals surface area contributed by atoms with E-state index >= 15 is 0 Å². The van der Waals surface area contributed by atoms with E-state index in [0.717, 1.165) is 17.5 Å². The van der Waals surface area contributed by atoms with Crippen molar-refractivity contribution >= 4 is 5.97 Å². The number of phenols is 1. The van der Waals surface area contributed by atoms with Gasteiger partial charge in [-0.3, -0.25) is 4.79 Å². The predicted octanol–water partition coefficient (Wildman–Crippen LogP) is 2.45. The molecule has 1 atom stereocenters. The van der Waals surface area contributed by atoms with Crippen molar-refractivity contribution in [3.63, 3.8) is 0 Å². The molecule has 2 N–H and O–H groups in total. The number of hydrogen-bond acceptors (Lipinski definition) is 2. The van der Waals surface area contributed by atoms with Crippen LogP contribution in [0, 0.1) is 6.92 Å². The SMILES string of the molecule is CCc1cc(C)c(O)c(C(C)C(=O)O)c1. The molecule has 3 heteroatoms. The molecule has 1 unspecified atom stereocenters. The van der Waals surface area contributed by atoms with Crippen LogP contribution in [0.5, 0.6) is 5.75 Å². The zero-order valence-electron chi connectivity index (χ0n) is 9.24. The molecule has 0 aliphatic rings. The largest absolute Gasteiger partial charge is 0.507 e. The number of aliphatic carboxylic acids is 1. The molecule has 0 saturated heterocycles. The van der Waals surface area contributed by atoms with Gasteiger partial charge < -0.3 is 10.2 Å². The highest BCUT2D eigenvalue weighted by Crippen LogP contribution is 2.30. The lowest BCUT2D eigenvalue weighted by Gasteiger charge is -2.13. The van der Waals surface area contributed by atoms with Gasteiger partial charge in [0.1, 0.15) is 5.75 Å². The van der Waals surface area contributed by atoms with E-state index in [1.807, 2.05) is 13.0 Å². The van der Waals surface area contributed by atoms with Gasteiger partial charge in [0.05, 0.1) is 5.92 Å². The summed E-state index contributed by atoms with van der Waals surface area (Å²) in [6.07, 6.45) is 0.834. The van der Waals surface area contributed by atoms with Gasteiger partial charge in [-0.1, -0.05) is 19.1 Å². The quantitative estimate of drug-likeness (QED) is 0.802. The second kappa shape index (κ2) is 4.34. The molecule has 0 fully saturated rings. The van der Waals surface area contributed by atoms with E-state index in [1.54, 1.807) is 19.9 Å². The van der Waals surface area contributed by atoms with Crippen LogP contribution in [0.3, 0.4) is 0 Å². The van der Waals surface area contributed by atoms with Crippen LogP contribution in [0.4, 0.5) is 0 Å². The highest BCUT2D eigenvalue weighted by atomic mass is 16.4. The van der Waals surface area contributed by atoms with Crippen molar-refractivity contribution in [1.82, 2.24) is 0 Å². The number of carboxylic acid groups (broad SMARTS) is 1. The smallest absolute Gasteiger partial charge is 0.310 e. The molecular formula is C12H16O3. The van der Waals surface area contributed by atoms with Gasteiger partial charge >= 0.3 is 5.97 Å². The van der Waals surface area contributed by atoms with E-state index in [9.17, 15) is 9.90 Å². The third-order valence-electron chi connectivity index (χ3n) is 2.63. The molecule has 0 heterocycles. The maximum Gasteiger partial charge on any atom is 0.310 e. The number of carbonyl (C=O) groups is 1. The van der Waals surface area contributed by atoms with Gasteiger partial charge in [-0.05, 0) is 31.4 Å². The van der Waals surface area contributed by atoms with Gasteiger partial charge in [0.25, 0.3) is 0 Å². The second-order valence-electron chi connectivity index (χ2n) is 3.76. The monoisotopic (exact) mass is 208 g/mol. The van der Waals surface area contributed by atoms with Crippen LogP contribution in [0.25, 0.3) is 0 Å². The Balaban J connectivity index is 3.27. The van der Waals surface area contributed by atoms with Gasteiger partial charge in [-0.25, -0.2) is 0 Å². The van der Waals surface area contributed by atoms with Crippen LogP contribution in [0.2, 0.25) is 0 Å². The average Bonchev–Trinajstić information content (AvgIpc) is 2.20. The fourth-order valence-corrected chi connectivity index (χ4v) is 1.55. The summed E-state index contributed by atoms with van der Waals surface area (Å²) in [6, 6.07) is 3.65. The van der Waals surface area contributed by atoms with E-state index in [4.69, 9.17) is 5.11 Å². The molecule has 1 aromatic carbocycles. The summed E-state index contributed by atoms with van der Waals surface area (Å²) in [7, 11) is 0. The van der Waals surface area contributed by atoms with Crippen LogP contribution in [0.15, 0.2) is 12.1 Å². The molecule has 0 amide bonds. The van der Waals surface area contributed by atoms with Crippen LogP contribution in [-0.4, -0.2) is 16.2 Å². The van der Waals surface area contributed by atoms with E-state index in [0.29, 0.717) is 5.56 Å². The molecule has 0 aromatic heterocycles. The highest BCUT2D eigenvalue weighted by Gasteiger charge is 2.19. The van der Waals surface area contributed by atoms with Crippen molar-refractivity contribution in [3.05, 3.63) is 28.8 Å². The van der Waals surface area contributed by atoms with Crippen molar-refractivity contribution in [2.45, 2.75) is 33.1 Å². The van der Waals surface area contributed by atoms with Crippen molar-refractivity contribution in [3.8, 4) is 5.75 Å². The zero-order valence-corrected chi connectivity index (χ0v) is 9.24. The van der Waals surface area contributed by atoms with E-state index in [-0.39, 0.29) is 5.75 Å². The lowest BCUT2D eigenvalue weighted by molar-refractivity contribution is -0.138. The summed E-state index contributed by atoms with van der Waals surface area (Å²) in [4.78, 5) is 10.9. The number of phenolic OH excluding ortho intramolecular Hbond substituents is 1. The second-order valence-corrected chi connectivity index (χ2v) is 3.76. The van der Waals surface area contributed by atoms with Crippen LogP contribution in [0.1, 0.15) is 36.5 Å². The Kier molecular flexibility index (Phi) is 3.35. The average molecular weight is 208 g/mol. The van der Waals surface area contributed by atoms with Gasteiger partial charge in [0, 0.05) is 5.56 Å². The number of hydrogen-bond donors (Lipinski definition) is 2. The van der Waals surface area contributed by atoms with Crippen molar-refractivity contribution in [1.29, 1.82) is 0 Å². The Hall–Kier alpha value is -1.51. The molecule has 82 valence electrons. The minimum atomic E-state index is -0.919. The summed E-state index contributed by atoms with van der Waals surface area (Å²) >= 11 is 0. The molecule has 0 spiro atoms. The van der Waals surface area contributed by atoms with E-state index in [2.05, 4.69) is 0 Å². The Morgan fingerprint density at radius 3 is 2.53 bits per heavy atom. The van der Waals surface area contributed by atoms with Crippen molar-refractivity contribution in [2.24, 2.45) is 0 Å². The lowest BCUT2D eigenvalue weighted by atomic mass is 9.94. The van der Waals surface area contributed by atoms with Crippen LogP contribution >= 0.6 is 0 Å². The molecule has 0 radical (unpaired) electrons. The molecule has 15 heavy (non-hydrogen) atoms. The van der Waals surface area contributed by atoms with Crippen LogP contribution < -0.4 is 0 Å². The molecule has 1 aromatic rings. The Bertz CT molecular complexity index is 383. The van der Waals surface area contributed by atoms with E-state index < -0.39 is 11.9 Å². The molecule has 3 nitrogen and oxygen atoms in total. The molecule has 0 bridgehead atoms. The molecule has 1 rings (SSSR count). The number of aryl methyl sites for hydroxylation is 2. The number of benzene rings is 1. The fourth-order valence-electron chi connectivity index (χ4n) is 1.55. The molecular weight excluding hydrogens is 192 g/mol. The number of carboxylic acids is 1. The Labute approximate surface area is 89.4 Å². The van der Waals surface area contributed by atoms with Gasteiger partial charge in [-0.2, -0.15) is 0 Å². The number of aromatic hydroxyl groups is 1. The van der Waals surface area contributed by atoms with Gasteiger partial charge in [-0.15, -0.1) is 0 Å². The first kappa shape index (κ1) is 11.6. The normalized spacial score (nSPS) is 12.5. The van der Waals surface area contributed by atoms with E-state index in [1.165, 1.54) is 0 Å². The Morgan fingerprint density at radius 2 is 2.07 bits per heavy atom. The molecule has 0 aliphatic heterocycles. The maximum absolute atomic E-state index is 10.9. The summed E-state index contributed by atoms with van der Waals surface area (Å²) in [5, 5.41) is 18.7. The first-order chi connectivity index (χ1) is 6.97. The zero-order chi connectivity index (χ0) is 11.6. The lowest BCUT2D eigenvalue weighted by Crippen LogP contribution is -2.08. The maximum atomic E-state index is 10.9. The fraction of sp³-hybridized carbons (Fsp3) is 0.417. The third-order valence-corrected chi connectivity index (χ3v) is 2.63. The summed E-state index contributed by atoms with van der Waals surface area (Å²) < 4.78 is 0. The van der Waals surface area contributed by atoms with Gasteiger partial charge in [0.15, 0.2) is 0 Å². The predicted molar refractivity (Wildman–Crippen MR) is 58.3 cm³/mol. The third kappa shape index (κ3) is 2.29.